The number of likely N-dealkylation sites (tertiary alicyclic amines) is 2. The Morgan fingerprint density at radius 2 is 1.64 bits per heavy atom. The topological polar surface area (TPSA) is 32.5 Å². The van der Waals surface area contributed by atoms with Crippen LogP contribution in [0.4, 0.5) is 0 Å². The second kappa shape index (κ2) is 4.17. The Hall–Kier alpha value is -0.120. The minimum absolute atomic E-state index is 0.108. The summed E-state index contributed by atoms with van der Waals surface area (Å²) in [5, 5.41) is 0. The van der Waals surface area contributed by atoms with Crippen molar-refractivity contribution in [1.82, 2.24) is 9.80 Å². The Morgan fingerprint density at radius 1 is 1.07 bits per heavy atom. The molecule has 0 spiro atoms. The van der Waals surface area contributed by atoms with Crippen LogP contribution in [0.2, 0.25) is 0 Å². The molecule has 0 saturated carbocycles. The van der Waals surface area contributed by atoms with E-state index in [0.29, 0.717) is 0 Å². The van der Waals surface area contributed by atoms with Gasteiger partial charge in [0.25, 0.3) is 0 Å². The van der Waals surface area contributed by atoms with Crippen molar-refractivity contribution in [2.24, 2.45) is 5.73 Å². The second-order valence-electron chi connectivity index (χ2n) is 5.15. The Labute approximate surface area is 87.2 Å². The Balaban J connectivity index is 1.82. The Bertz CT molecular complexity index is 179. The molecule has 2 fully saturated rings. The number of rotatable bonds is 2. The fourth-order valence-corrected chi connectivity index (χ4v) is 2.61. The van der Waals surface area contributed by atoms with Crippen LogP contribution in [0, 0.1) is 0 Å². The van der Waals surface area contributed by atoms with Gasteiger partial charge in [-0.2, -0.15) is 0 Å². The van der Waals surface area contributed by atoms with Crippen LogP contribution < -0.4 is 5.73 Å². The van der Waals surface area contributed by atoms with Gasteiger partial charge in [0.2, 0.25) is 0 Å². The summed E-state index contributed by atoms with van der Waals surface area (Å²) in [6.45, 7) is 6.01. The van der Waals surface area contributed by atoms with E-state index < -0.39 is 0 Å². The van der Waals surface area contributed by atoms with Crippen molar-refractivity contribution in [3.8, 4) is 0 Å². The van der Waals surface area contributed by atoms with Gasteiger partial charge in [0.05, 0.1) is 0 Å². The molecular formula is C11H23N3. The van der Waals surface area contributed by atoms with Gasteiger partial charge < -0.3 is 15.5 Å². The van der Waals surface area contributed by atoms with Crippen molar-refractivity contribution in [3.05, 3.63) is 0 Å². The van der Waals surface area contributed by atoms with Crippen molar-refractivity contribution in [3.63, 3.8) is 0 Å². The normalized spacial score (nSPS) is 29.6. The molecule has 3 nitrogen and oxygen atoms in total. The maximum atomic E-state index is 6.43. The minimum Gasteiger partial charge on any atom is -0.324 e. The molecule has 2 rings (SSSR count). The molecule has 0 aromatic rings. The lowest BCUT2D eigenvalue weighted by atomic mass is 9.88. The number of piperidine rings is 1. The highest BCUT2D eigenvalue weighted by Crippen LogP contribution is 2.21. The van der Waals surface area contributed by atoms with Crippen LogP contribution in [0.5, 0.6) is 0 Å². The van der Waals surface area contributed by atoms with Gasteiger partial charge in [-0.25, -0.2) is 0 Å². The molecule has 2 aliphatic heterocycles. The zero-order valence-electron chi connectivity index (χ0n) is 9.34. The largest absolute Gasteiger partial charge is 0.324 e. The van der Waals surface area contributed by atoms with Gasteiger partial charge in [0.1, 0.15) is 0 Å². The summed E-state index contributed by atoms with van der Waals surface area (Å²) in [5.74, 6) is 0. The third-order valence-electron chi connectivity index (χ3n) is 3.72. The van der Waals surface area contributed by atoms with Crippen LogP contribution >= 0.6 is 0 Å². The summed E-state index contributed by atoms with van der Waals surface area (Å²) in [6, 6.07) is 0. The molecule has 3 heteroatoms. The van der Waals surface area contributed by atoms with E-state index in [0.717, 1.165) is 6.54 Å². The number of hydrogen-bond acceptors (Lipinski definition) is 3. The van der Waals surface area contributed by atoms with Gasteiger partial charge >= 0.3 is 0 Å². The van der Waals surface area contributed by atoms with Crippen molar-refractivity contribution < 1.29 is 0 Å². The first-order valence-electron chi connectivity index (χ1n) is 5.88. The lowest BCUT2D eigenvalue weighted by Gasteiger charge is -2.40. The maximum absolute atomic E-state index is 6.43. The average molecular weight is 197 g/mol. The minimum atomic E-state index is 0.108. The van der Waals surface area contributed by atoms with Crippen LogP contribution in [-0.4, -0.2) is 55.1 Å². The quantitative estimate of drug-likeness (QED) is 0.700. The first kappa shape index (κ1) is 10.4. The van der Waals surface area contributed by atoms with Gasteiger partial charge in [-0.1, -0.05) is 0 Å². The molecule has 0 aromatic carbocycles. The van der Waals surface area contributed by atoms with E-state index in [1.54, 1.807) is 0 Å². The summed E-state index contributed by atoms with van der Waals surface area (Å²) >= 11 is 0. The van der Waals surface area contributed by atoms with Gasteiger partial charge in [-0.3, -0.25) is 0 Å². The molecule has 0 aromatic heterocycles. The number of nitrogens with zero attached hydrogens (tertiary/aromatic N) is 2. The van der Waals surface area contributed by atoms with E-state index in [9.17, 15) is 0 Å². The van der Waals surface area contributed by atoms with E-state index in [2.05, 4.69) is 16.8 Å². The van der Waals surface area contributed by atoms with Crippen molar-refractivity contribution >= 4 is 0 Å². The van der Waals surface area contributed by atoms with Gasteiger partial charge in [0, 0.05) is 12.1 Å². The molecule has 2 aliphatic rings. The van der Waals surface area contributed by atoms with Gasteiger partial charge in [-0.05, 0) is 58.9 Å². The highest BCUT2D eigenvalue weighted by Gasteiger charge is 2.31. The van der Waals surface area contributed by atoms with E-state index in [1.807, 2.05) is 0 Å². The molecule has 0 amide bonds. The van der Waals surface area contributed by atoms with Gasteiger partial charge in [-0.15, -0.1) is 0 Å². The molecule has 2 N–H and O–H groups in total. The summed E-state index contributed by atoms with van der Waals surface area (Å²) < 4.78 is 0. The molecule has 0 aliphatic carbocycles. The highest BCUT2D eigenvalue weighted by molar-refractivity contribution is 4.92. The Morgan fingerprint density at radius 3 is 2.21 bits per heavy atom. The predicted octanol–water partition coefficient (Wildman–Crippen LogP) is 0.505. The molecule has 14 heavy (non-hydrogen) atoms. The zero-order chi connectivity index (χ0) is 10.0. The first-order valence-corrected chi connectivity index (χ1v) is 5.88. The SMILES string of the molecule is CN1CCC(N)(CN2CCCC2)CC1. The van der Waals surface area contributed by atoms with Crippen LogP contribution in [0.3, 0.4) is 0 Å². The third kappa shape index (κ3) is 2.47. The van der Waals surface area contributed by atoms with Crippen molar-refractivity contribution in [2.75, 3.05) is 39.8 Å². The molecule has 2 saturated heterocycles. The molecule has 0 radical (unpaired) electrons. The van der Waals surface area contributed by atoms with E-state index in [1.165, 1.54) is 51.9 Å². The van der Waals surface area contributed by atoms with Gasteiger partial charge in [0.15, 0.2) is 0 Å². The lowest BCUT2D eigenvalue weighted by Crippen LogP contribution is -2.55. The van der Waals surface area contributed by atoms with Crippen molar-refractivity contribution in [2.45, 2.75) is 31.2 Å². The number of nitrogens with two attached hydrogens (primary N) is 1. The summed E-state index contributed by atoms with van der Waals surface area (Å²) in [6.07, 6.45) is 5.08. The predicted molar refractivity (Wildman–Crippen MR) is 59.3 cm³/mol. The van der Waals surface area contributed by atoms with Crippen LogP contribution in [0.1, 0.15) is 25.7 Å². The van der Waals surface area contributed by atoms with E-state index >= 15 is 0 Å². The zero-order valence-corrected chi connectivity index (χ0v) is 9.34. The smallest absolute Gasteiger partial charge is 0.0307 e. The van der Waals surface area contributed by atoms with E-state index in [4.69, 9.17) is 5.73 Å². The van der Waals surface area contributed by atoms with E-state index in [-0.39, 0.29) is 5.54 Å². The molecule has 0 unspecified atom stereocenters. The number of hydrogen-bond donors (Lipinski definition) is 1. The summed E-state index contributed by atoms with van der Waals surface area (Å²) in [4.78, 5) is 4.93. The lowest BCUT2D eigenvalue weighted by molar-refractivity contribution is 0.147. The van der Waals surface area contributed by atoms with Crippen LogP contribution in [-0.2, 0) is 0 Å². The summed E-state index contributed by atoms with van der Waals surface area (Å²) in [5.41, 5.74) is 6.54. The molecular weight excluding hydrogens is 174 g/mol. The maximum Gasteiger partial charge on any atom is 0.0307 e. The van der Waals surface area contributed by atoms with Crippen LogP contribution in [0.25, 0.3) is 0 Å². The average Bonchev–Trinajstić information content (AvgIpc) is 2.63. The molecule has 82 valence electrons. The second-order valence-corrected chi connectivity index (χ2v) is 5.15. The van der Waals surface area contributed by atoms with Crippen molar-refractivity contribution in [1.29, 1.82) is 0 Å². The highest BCUT2D eigenvalue weighted by atomic mass is 15.2. The molecule has 0 atom stereocenters. The van der Waals surface area contributed by atoms with Crippen LogP contribution in [0.15, 0.2) is 0 Å². The fourth-order valence-electron chi connectivity index (χ4n) is 2.61. The first-order chi connectivity index (χ1) is 6.68. The summed E-state index contributed by atoms with van der Waals surface area (Å²) in [7, 11) is 2.19. The standard InChI is InChI=1S/C11H23N3/c1-13-8-4-11(12,5-9-13)10-14-6-2-3-7-14/h2-10,12H2,1H3. The third-order valence-corrected chi connectivity index (χ3v) is 3.72. The monoisotopic (exact) mass is 197 g/mol. The molecule has 0 bridgehead atoms. The molecule has 2 heterocycles. The Kier molecular flexibility index (Phi) is 3.10. The fraction of sp³-hybridized carbons (Fsp3) is 1.00.